The predicted octanol–water partition coefficient (Wildman–Crippen LogP) is 4.57. The lowest BCUT2D eigenvalue weighted by molar-refractivity contribution is 0.438. The molecule has 1 aliphatic rings. The van der Waals surface area contributed by atoms with Crippen LogP contribution in [0.25, 0.3) is 0 Å². The molecule has 0 aromatic heterocycles. The first kappa shape index (κ1) is 12.9. The van der Waals surface area contributed by atoms with Gasteiger partial charge in [0.1, 0.15) is 0 Å². The maximum absolute atomic E-state index is 6.22. The first-order valence-electron chi connectivity index (χ1n) is 6.71. The molecule has 3 unspecified atom stereocenters. The average Bonchev–Trinajstić information content (AvgIpc) is 2.77. The molecule has 0 amide bonds. The number of rotatable bonds is 4. The van der Waals surface area contributed by atoms with Gasteiger partial charge in [0.25, 0.3) is 0 Å². The van der Waals surface area contributed by atoms with Crippen molar-refractivity contribution < 1.29 is 0 Å². The van der Waals surface area contributed by atoms with Crippen LogP contribution in [0.3, 0.4) is 0 Å². The standard InChI is InChI=1S/C15H22ClN/c1-3-12-8-9-13(10-12)17-11(2)14-6-4-5-7-15(14)16/h4-7,11-13,17H,3,8-10H2,1-2H3. The number of benzene rings is 1. The average molecular weight is 252 g/mol. The van der Waals surface area contributed by atoms with Crippen LogP contribution in [0.15, 0.2) is 24.3 Å². The fraction of sp³-hybridized carbons (Fsp3) is 0.600. The maximum Gasteiger partial charge on any atom is 0.0453 e. The van der Waals surface area contributed by atoms with Crippen LogP contribution in [0.1, 0.15) is 51.1 Å². The number of halogens is 1. The molecule has 0 heterocycles. The Morgan fingerprint density at radius 3 is 2.76 bits per heavy atom. The topological polar surface area (TPSA) is 12.0 Å². The fourth-order valence-corrected chi connectivity index (χ4v) is 3.17. The van der Waals surface area contributed by atoms with E-state index in [4.69, 9.17) is 11.6 Å². The van der Waals surface area contributed by atoms with Gasteiger partial charge < -0.3 is 5.32 Å². The van der Waals surface area contributed by atoms with Gasteiger partial charge in [-0.3, -0.25) is 0 Å². The maximum atomic E-state index is 6.22. The molecular formula is C15H22ClN. The van der Waals surface area contributed by atoms with Gasteiger partial charge in [0.15, 0.2) is 0 Å². The van der Waals surface area contributed by atoms with Crippen LogP contribution in [-0.4, -0.2) is 6.04 Å². The van der Waals surface area contributed by atoms with Crippen molar-refractivity contribution in [1.29, 1.82) is 0 Å². The number of nitrogens with one attached hydrogen (secondary N) is 1. The zero-order valence-electron chi connectivity index (χ0n) is 10.7. The van der Waals surface area contributed by atoms with Crippen molar-refractivity contribution in [2.24, 2.45) is 5.92 Å². The van der Waals surface area contributed by atoms with Crippen LogP contribution in [0.4, 0.5) is 0 Å². The Hall–Kier alpha value is -0.530. The highest BCUT2D eigenvalue weighted by Crippen LogP contribution is 2.30. The summed E-state index contributed by atoms with van der Waals surface area (Å²) in [7, 11) is 0. The normalized spacial score (nSPS) is 26.1. The Balaban J connectivity index is 1.94. The first-order chi connectivity index (χ1) is 8.20. The van der Waals surface area contributed by atoms with Gasteiger partial charge in [-0.2, -0.15) is 0 Å². The largest absolute Gasteiger partial charge is 0.307 e. The van der Waals surface area contributed by atoms with Crippen LogP contribution < -0.4 is 5.32 Å². The summed E-state index contributed by atoms with van der Waals surface area (Å²) in [5.74, 6) is 0.922. The summed E-state index contributed by atoms with van der Waals surface area (Å²) in [5.41, 5.74) is 1.22. The molecule has 0 saturated heterocycles. The minimum Gasteiger partial charge on any atom is -0.307 e. The lowest BCUT2D eigenvalue weighted by Gasteiger charge is -2.20. The third kappa shape index (κ3) is 3.23. The Morgan fingerprint density at radius 2 is 2.12 bits per heavy atom. The quantitative estimate of drug-likeness (QED) is 0.827. The number of hydrogen-bond acceptors (Lipinski definition) is 1. The van der Waals surface area contributed by atoms with Crippen molar-refractivity contribution >= 4 is 11.6 Å². The van der Waals surface area contributed by atoms with Crippen molar-refractivity contribution in [1.82, 2.24) is 5.32 Å². The summed E-state index contributed by atoms with van der Waals surface area (Å²) < 4.78 is 0. The highest BCUT2D eigenvalue weighted by atomic mass is 35.5. The van der Waals surface area contributed by atoms with Crippen LogP contribution >= 0.6 is 11.6 Å². The van der Waals surface area contributed by atoms with Crippen molar-refractivity contribution in [2.75, 3.05) is 0 Å². The van der Waals surface area contributed by atoms with Crippen molar-refractivity contribution in [3.8, 4) is 0 Å². The van der Waals surface area contributed by atoms with Crippen LogP contribution in [-0.2, 0) is 0 Å². The van der Waals surface area contributed by atoms with E-state index in [1.54, 1.807) is 0 Å². The second-order valence-corrected chi connectivity index (χ2v) is 5.60. The Kier molecular flexibility index (Phi) is 4.47. The van der Waals surface area contributed by atoms with E-state index in [2.05, 4.69) is 31.3 Å². The molecule has 0 aliphatic heterocycles. The molecule has 0 radical (unpaired) electrons. The van der Waals surface area contributed by atoms with E-state index >= 15 is 0 Å². The van der Waals surface area contributed by atoms with Gasteiger partial charge in [-0.15, -0.1) is 0 Å². The summed E-state index contributed by atoms with van der Waals surface area (Å²) in [4.78, 5) is 0. The fourth-order valence-electron chi connectivity index (χ4n) is 2.87. The molecule has 3 atom stereocenters. The van der Waals surface area contributed by atoms with E-state index in [-0.39, 0.29) is 0 Å². The molecule has 0 spiro atoms. The summed E-state index contributed by atoms with van der Waals surface area (Å²) in [5, 5.41) is 4.59. The van der Waals surface area contributed by atoms with Crippen molar-refractivity contribution in [3.05, 3.63) is 34.9 Å². The smallest absolute Gasteiger partial charge is 0.0453 e. The van der Waals surface area contributed by atoms with Gasteiger partial charge in [-0.1, -0.05) is 43.1 Å². The second-order valence-electron chi connectivity index (χ2n) is 5.19. The molecule has 1 aromatic rings. The molecule has 0 bridgehead atoms. The second kappa shape index (κ2) is 5.88. The first-order valence-corrected chi connectivity index (χ1v) is 7.09. The van der Waals surface area contributed by atoms with E-state index < -0.39 is 0 Å². The molecule has 2 heteroatoms. The monoisotopic (exact) mass is 251 g/mol. The van der Waals surface area contributed by atoms with Gasteiger partial charge in [0.05, 0.1) is 0 Å². The molecule has 1 N–H and O–H groups in total. The Bertz CT molecular complexity index is 364. The van der Waals surface area contributed by atoms with E-state index in [0.717, 1.165) is 10.9 Å². The number of hydrogen-bond donors (Lipinski definition) is 1. The zero-order valence-corrected chi connectivity index (χ0v) is 11.5. The molecule has 1 saturated carbocycles. The lowest BCUT2D eigenvalue weighted by Crippen LogP contribution is -2.29. The molecule has 17 heavy (non-hydrogen) atoms. The van der Waals surface area contributed by atoms with E-state index in [1.165, 1.54) is 31.2 Å². The SMILES string of the molecule is CCC1CCC(NC(C)c2ccccc2Cl)C1. The Morgan fingerprint density at radius 1 is 1.35 bits per heavy atom. The summed E-state index contributed by atoms with van der Waals surface area (Å²) in [6.07, 6.45) is 5.33. The minimum absolute atomic E-state index is 0.351. The summed E-state index contributed by atoms with van der Waals surface area (Å²) in [6.45, 7) is 4.50. The molecule has 94 valence electrons. The third-order valence-corrected chi connectivity index (χ3v) is 4.32. The van der Waals surface area contributed by atoms with E-state index in [9.17, 15) is 0 Å². The van der Waals surface area contributed by atoms with Crippen LogP contribution in [0.5, 0.6) is 0 Å². The van der Waals surface area contributed by atoms with Gasteiger partial charge in [0, 0.05) is 17.1 Å². The summed E-state index contributed by atoms with van der Waals surface area (Å²) >= 11 is 6.22. The molecular weight excluding hydrogens is 230 g/mol. The highest BCUT2D eigenvalue weighted by molar-refractivity contribution is 6.31. The van der Waals surface area contributed by atoms with E-state index in [0.29, 0.717) is 12.1 Å². The third-order valence-electron chi connectivity index (χ3n) is 3.98. The van der Waals surface area contributed by atoms with Gasteiger partial charge in [-0.05, 0) is 43.7 Å². The van der Waals surface area contributed by atoms with Gasteiger partial charge in [-0.25, -0.2) is 0 Å². The molecule has 1 fully saturated rings. The van der Waals surface area contributed by atoms with Crippen LogP contribution in [0, 0.1) is 5.92 Å². The molecule has 1 aromatic carbocycles. The van der Waals surface area contributed by atoms with Crippen molar-refractivity contribution in [2.45, 2.75) is 51.6 Å². The Labute approximate surface area is 110 Å². The molecule has 2 rings (SSSR count). The van der Waals surface area contributed by atoms with Crippen molar-refractivity contribution in [3.63, 3.8) is 0 Å². The predicted molar refractivity (Wildman–Crippen MR) is 74.4 cm³/mol. The lowest BCUT2D eigenvalue weighted by atomic mass is 10.0. The minimum atomic E-state index is 0.351. The van der Waals surface area contributed by atoms with E-state index in [1.807, 2.05) is 12.1 Å². The van der Waals surface area contributed by atoms with Crippen LogP contribution in [0.2, 0.25) is 5.02 Å². The van der Waals surface area contributed by atoms with Gasteiger partial charge >= 0.3 is 0 Å². The molecule has 1 aliphatic carbocycles. The van der Waals surface area contributed by atoms with Gasteiger partial charge in [0.2, 0.25) is 0 Å². The zero-order chi connectivity index (χ0) is 12.3. The molecule has 1 nitrogen and oxygen atoms in total. The summed E-state index contributed by atoms with van der Waals surface area (Å²) in [6, 6.07) is 9.16. The highest BCUT2D eigenvalue weighted by Gasteiger charge is 2.24.